The van der Waals surface area contributed by atoms with Gasteiger partial charge in [-0.15, -0.1) is 0 Å². The summed E-state index contributed by atoms with van der Waals surface area (Å²) in [6.07, 6.45) is 5.81. The Balaban J connectivity index is 1.07. The molecule has 2 aliphatic rings. The van der Waals surface area contributed by atoms with Crippen LogP contribution in [0, 0.1) is 13.8 Å². The van der Waals surface area contributed by atoms with Crippen molar-refractivity contribution in [2.45, 2.75) is 63.2 Å². The summed E-state index contributed by atoms with van der Waals surface area (Å²) in [6, 6.07) is 26.5. The zero-order chi connectivity index (χ0) is 28.5. The molecule has 212 valence electrons. The van der Waals surface area contributed by atoms with E-state index in [1.165, 1.54) is 22.3 Å². The molecule has 1 spiro atoms. The number of fused-ring (bicyclic) bond motifs is 1. The highest BCUT2D eigenvalue weighted by molar-refractivity contribution is 7.89. The third kappa shape index (κ3) is 6.55. The Morgan fingerprint density at radius 1 is 0.854 bits per heavy atom. The first-order chi connectivity index (χ1) is 19.8. The molecule has 3 heterocycles. The Labute approximate surface area is 244 Å². The summed E-state index contributed by atoms with van der Waals surface area (Å²) in [5.74, 6) is 0.971. The average molecular weight is 567 g/mol. The van der Waals surface area contributed by atoms with Gasteiger partial charge >= 0.3 is 0 Å². The van der Waals surface area contributed by atoms with Crippen LogP contribution in [-0.4, -0.2) is 37.0 Å². The Morgan fingerprint density at radius 2 is 1.63 bits per heavy atom. The van der Waals surface area contributed by atoms with Crippen molar-refractivity contribution in [3.05, 3.63) is 119 Å². The van der Waals surface area contributed by atoms with Gasteiger partial charge in [0.05, 0.1) is 17.2 Å². The molecule has 0 unspecified atom stereocenters. The second-order valence-corrected chi connectivity index (χ2v) is 13.9. The van der Waals surface area contributed by atoms with E-state index in [1.54, 1.807) is 18.3 Å². The van der Waals surface area contributed by atoms with E-state index >= 15 is 0 Å². The largest absolute Gasteiger partial charge is 0.487 e. The van der Waals surface area contributed by atoms with Crippen LogP contribution in [0.3, 0.4) is 0 Å². The van der Waals surface area contributed by atoms with Crippen molar-refractivity contribution in [3.63, 3.8) is 0 Å². The van der Waals surface area contributed by atoms with Crippen molar-refractivity contribution in [3.8, 4) is 16.9 Å². The molecule has 0 amide bonds. The Kier molecular flexibility index (Phi) is 7.71. The first-order valence-corrected chi connectivity index (χ1v) is 16.4. The molecule has 1 aromatic heterocycles. The van der Waals surface area contributed by atoms with Crippen molar-refractivity contribution >= 4 is 9.84 Å². The average Bonchev–Trinajstić information content (AvgIpc) is 2.96. The van der Waals surface area contributed by atoms with Gasteiger partial charge in [-0.05, 0) is 97.2 Å². The molecule has 0 aliphatic carbocycles. The lowest BCUT2D eigenvalue weighted by Gasteiger charge is -2.44. The number of likely N-dealkylation sites (tertiary alicyclic amines) is 1. The second kappa shape index (κ2) is 11.4. The number of hydrogen-bond acceptors (Lipinski definition) is 5. The van der Waals surface area contributed by atoms with E-state index in [9.17, 15) is 8.42 Å². The molecule has 1 fully saturated rings. The smallest absolute Gasteiger partial charge is 0.160 e. The molecule has 1 saturated heterocycles. The molecule has 0 N–H and O–H groups in total. The summed E-state index contributed by atoms with van der Waals surface area (Å²) >= 11 is 0. The minimum atomic E-state index is -3.30. The molecule has 0 saturated carbocycles. The fourth-order valence-corrected chi connectivity index (χ4v) is 7.67. The van der Waals surface area contributed by atoms with E-state index < -0.39 is 9.84 Å². The number of aryl methyl sites for hydroxylation is 3. The van der Waals surface area contributed by atoms with Crippen LogP contribution in [0.2, 0.25) is 0 Å². The molecule has 6 heteroatoms. The van der Waals surface area contributed by atoms with E-state index in [0.29, 0.717) is 5.69 Å². The lowest BCUT2D eigenvalue weighted by molar-refractivity contribution is -0.0163. The van der Waals surface area contributed by atoms with E-state index in [0.717, 1.165) is 67.8 Å². The van der Waals surface area contributed by atoms with E-state index in [4.69, 9.17) is 4.74 Å². The lowest BCUT2D eigenvalue weighted by atomic mass is 9.82. The van der Waals surface area contributed by atoms with Crippen LogP contribution in [0.25, 0.3) is 11.1 Å². The molecular weight excluding hydrogens is 528 g/mol. The third-order valence-electron chi connectivity index (χ3n) is 8.66. The zero-order valence-electron chi connectivity index (χ0n) is 24.0. The number of hydrogen-bond donors (Lipinski definition) is 0. The van der Waals surface area contributed by atoms with Crippen molar-refractivity contribution in [1.29, 1.82) is 0 Å². The summed E-state index contributed by atoms with van der Waals surface area (Å²) in [6.45, 7) is 7.50. The van der Waals surface area contributed by atoms with Gasteiger partial charge in [0.2, 0.25) is 0 Å². The normalized spacial score (nSPS) is 16.7. The van der Waals surface area contributed by atoms with Gasteiger partial charge in [-0.2, -0.15) is 0 Å². The fourth-order valence-electron chi connectivity index (χ4n) is 6.24. The van der Waals surface area contributed by atoms with Crippen LogP contribution in [-0.2, 0) is 34.3 Å². The number of ether oxygens (including phenoxy) is 1. The highest BCUT2D eigenvalue weighted by Crippen LogP contribution is 2.41. The van der Waals surface area contributed by atoms with Crippen LogP contribution in [0.1, 0.15) is 52.8 Å². The molecule has 4 aromatic rings. The van der Waals surface area contributed by atoms with Crippen LogP contribution in [0.15, 0.2) is 85.1 Å². The Hall–Kier alpha value is -3.48. The molecule has 41 heavy (non-hydrogen) atoms. The van der Waals surface area contributed by atoms with Gasteiger partial charge in [0.1, 0.15) is 11.4 Å². The lowest BCUT2D eigenvalue weighted by Crippen LogP contribution is -2.49. The molecule has 0 atom stereocenters. The summed E-state index contributed by atoms with van der Waals surface area (Å²) in [5, 5.41) is 0. The number of sulfone groups is 1. The molecule has 3 aromatic carbocycles. The summed E-state index contributed by atoms with van der Waals surface area (Å²) in [4.78, 5) is 6.72. The highest BCUT2D eigenvalue weighted by Gasteiger charge is 2.39. The molecule has 5 nitrogen and oxygen atoms in total. The molecule has 6 rings (SSSR count). The van der Waals surface area contributed by atoms with Gasteiger partial charge in [0.25, 0.3) is 0 Å². The van der Waals surface area contributed by atoms with Gasteiger partial charge in [-0.1, -0.05) is 60.2 Å². The maximum Gasteiger partial charge on any atom is 0.160 e. The maximum absolute atomic E-state index is 12.7. The van der Waals surface area contributed by atoms with Crippen molar-refractivity contribution in [2.75, 3.05) is 13.1 Å². The summed E-state index contributed by atoms with van der Waals surface area (Å²) < 4.78 is 32.1. The van der Waals surface area contributed by atoms with Crippen LogP contribution in [0.4, 0.5) is 0 Å². The number of benzene rings is 3. The van der Waals surface area contributed by atoms with Crippen LogP contribution < -0.4 is 4.74 Å². The van der Waals surface area contributed by atoms with E-state index in [2.05, 4.69) is 60.1 Å². The molecular formula is C35H38N2O3S. The van der Waals surface area contributed by atoms with Gasteiger partial charge in [-0.3, -0.25) is 9.88 Å². The monoisotopic (exact) mass is 566 g/mol. The highest BCUT2D eigenvalue weighted by atomic mass is 32.2. The second-order valence-electron chi connectivity index (χ2n) is 11.9. The van der Waals surface area contributed by atoms with Gasteiger partial charge in [-0.25, -0.2) is 8.42 Å². The van der Waals surface area contributed by atoms with E-state index in [1.807, 2.05) is 30.3 Å². The number of nitrogens with zero attached hydrogens (tertiary/aromatic N) is 2. The summed E-state index contributed by atoms with van der Waals surface area (Å²) in [7, 11) is -3.30. The first-order valence-electron chi connectivity index (χ1n) is 14.6. The SMILES string of the molecule is Cc1ccc(CN2CCC3(CCc4cc(-c5ccc(CS(=O)(=O)Cc6ccccn6)cc5)ccc4O3)CC2)c(C)c1. The minimum absolute atomic E-state index is 0.00597. The fraction of sp³-hybridized carbons (Fsp3) is 0.343. The molecule has 0 radical (unpaired) electrons. The minimum Gasteiger partial charge on any atom is -0.487 e. The van der Waals surface area contributed by atoms with Crippen molar-refractivity contribution in [2.24, 2.45) is 0 Å². The standard InChI is InChI=1S/C35H38N2O3S/c1-26-6-9-32(27(2)21-26)23-37-19-16-35(17-20-37)15-14-31-22-30(12-13-34(31)40-35)29-10-7-28(8-11-29)24-41(38,39)25-33-5-3-4-18-36-33/h3-13,18,21-22H,14-17,19-20,23-25H2,1-2H3. The van der Waals surface area contributed by atoms with Crippen molar-refractivity contribution < 1.29 is 13.2 Å². The number of rotatable bonds is 7. The Bertz CT molecular complexity index is 1620. The molecule has 0 bridgehead atoms. The van der Waals surface area contributed by atoms with E-state index in [-0.39, 0.29) is 17.1 Å². The van der Waals surface area contributed by atoms with Crippen LogP contribution in [0.5, 0.6) is 5.75 Å². The van der Waals surface area contributed by atoms with Crippen LogP contribution >= 0.6 is 0 Å². The molecule has 2 aliphatic heterocycles. The number of piperidine rings is 1. The Morgan fingerprint density at radius 3 is 2.37 bits per heavy atom. The quantitative estimate of drug-likeness (QED) is 0.245. The zero-order valence-corrected chi connectivity index (χ0v) is 24.8. The van der Waals surface area contributed by atoms with Crippen molar-refractivity contribution in [1.82, 2.24) is 9.88 Å². The third-order valence-corrected chi connectivity index (χ3v) is 10.2. The number of pyridine rings is 1. The van der Waals surface area contributed by atoms with Gasteiger partial charge < -0.3 is 4.74 Å². The predicted molar refractivity (Wildman–Crippen MR) is 165 cm³/mol. The predicted octanol–water partition coefficient (Wildman–Crippen LogP) is 6.84. The van der Waals surface area contributed by atoms with Gasteiger partial charge in [0.15, 0.2) is 9.84 Å². The van der Waals surface area contributed by atoms with Gasteiger partial charge in [0, 0.05) is 25.8 Å². The topological polar surface area (TPSA) is 59.5 Å². The first kappa shape index (κ1) is 27.7. The summed E-state index contributed by atoms with van der Waals surface area (Å²) in [5.41, 5.74) is 8.90. The number of aromatic nitrogens is 1. The maximum atomic E-state index is 12.7.